The maximum Gasteiger partial charge on any atom is 0.338 e. The Morgan fingerprint density at radius 3 is 2.10 bits per heavy atom. The number of piperidine rings is 1. The van der Waals surface area contributed by atoms with Crippen LogP contribution in [0, 0.1) is 0 Å². The molecule has 1 amide bonds. The maximum absolute atomic E-state index is 12.8. The van der Waals surface area contributed by atoms with Gasteiger partial charge in [-0.05, 0) is 77.1 Å². The average molecular weight is 423 g/mol. The zero-order valence-electron chi connectivity index (χ0n) is 17.3. The summed E-state index contributed by atoms with van der Waals surface area (Å²) >= 11 is 0. The Kier molecular flexibility index (Phi) is 6.63. The molecule has 0 N–H and O–H groups in total. The van der Waals surface area contributed by atoms with E-state index in [1.807, 2.05) is 18.7 Å². The van der Waals surface area contributed by atoms with E-state index in [9.17, 15) is 18.0 Å². The van der Waals surface area contributed by atoms with E-state index in [4.69, 9.17) is 4.74 Å². The van der Waals surface area contributed by atoms with Gasteiger partial charge < -0.3 is 9.64 Å². The van der Waals surface area contributed by atoms with Gasteiger partial charge in [-0.2, -0.15) is 4.31 Å². The first-order chi connectivity index (χ1) is 13.7. The second kappa shape index (κ2) is 8.83. The number of rotatable bonds is 5. The molecule has 0 radical (unpaired) electrons. The molecule has 2 heterocycles. The topological polar surface area (TPSA) is 84.0 Å². The van der Waals surface area contributed by atoms with Crippen LogP contribution in [0.25, 0.3) is 0 Å². The van der Waals surface area contributed by atoms with Gasteiger partial charge in [0.15, 0.2) is 6.10 Å². The number of carbonyl (C=O) groups is 2. The Morgan fingerprint density at radius 1 is 1.00 bits per heavy atom. The zero-order chi connectivity index (χ0) is 21.2. The Balaban J connectivity index is 1.65. The van der Waals surface area contributed by atoms with Gasteiger partial charge in [0.05, 0.1) is 10.5 Å². The van der Waals surface area contributed by atoms with Crippen molar-refractivity contribution >= 4 is 21.9 Å². The summed E-state index contributed by atoms with van der Waals surface area (Å²) in [4.78, 5) is 27.2. The minimum Gasteiger partial charge on any atom is -0.449 e. The van der Waals surface area contributed by atoms with E-state index in [1.165, 1.54) is 28.6 Å². The van der Waals surface area contributed by atoms with E-state index in [-0.39, 0.29) is 28.4 Å². The highest BCUT2D eigenvalue weighted by Gasteiger charge is 2.33. The van der Waals surface area contributed by atoms with Gasteiger partial charge >= 0.3 is 5.97 Å². The van der Waals surface area contributed by atoms with E-state index >= 15 is 0 Å². The molecule has 0 bridgehead atoms. The molecule has 2 aliphatic heterocycles. The van der Waals surface area contributed by atoms with Gasteiger partial charge in [0.1, 0.15) is 0 Å². The minimum absolute atomic E-state index is 0.127. The van der Waals surface area contributed by atoms with Crippen LogP contribution < -0.4 is 0 Å². The van der Waals surface area contributed by atoms with Crippen molar-refractivity contribution in [1.29, 1.82) is 0 Å². The lowest BCUT2D eigenvalue weighted by Crippen LogP contribution is -2.51. The predicted molar refractivity (Wildman–Crippen MR) is 109 cm³/mol. The highest BCUT2D eigenvalue weighted by molar-refractivity contribution is 7.89. The summed E-state index contributed by atoms with van der Waals surface area (Å²) in [6.07, 6.45) is 3.83. The van der Waals surface area contributed by atoms with Crippen molar-refractivity contribution in [2.24, 2.45) is 0 Å². The zero-order valence-corrected chi connectivity index (χ0v) is 18.2. The lowest BCUT2D eigenvalue weighted by molar-refractivity contribution is -0.146. The molecule has 0 saturated carbocycles. The molecular formula is C21H30N2O5S. The van der Waals surface area contributed by atoms with Crippen LogP contribution in [0.5, 0.6) is 0 Å². The molecule has 1 aromatic carbocycles. The van der Waals surface area contributed by atoms with Crippen molar-refractivity contribution in [1.82, 2.24) is 9.21 Å². The van der Waals surface area contributed by atoms with Gasteiger partial charge in [0, 0.05) is 25.2 Å². The second-order valence-electron chi connectivity index (χ2n) is 8.06. The monoisotopic (exact) mass is 422 g/mol. The highest BCUT2D eigenvalue weighted by atomic mass is 32.2. The minimum atomic E-state index is -3.52. The fourth-order valence-electron chi connectivity index (χ4n) is 4.19. The molecule has 0 aromatic heterocycles. The lowest BCUT2D eigenvalue weighted by Gasteiger charge is -2.40. The van der Waals surface area contributed by atoms with Gasteiger partial charge in [-0.15, -0.1) is 0 Å². The van der Waals surface area contributed by atoms with Crippen LogP contribution in [0.15, 0.2) is 29.2 Å². The molecule has 7 nitrogen and oxygen atoms in total. The molecule has 2 aliphatic rings. The average Bonchev–Trinajstić information content (AvgIpc) is 3.23. The third kappa shape index (κ3) is 4.64. The number of hydrogen-bond acceptors (Lipinski definition) is 5. The molecular weight excluding hydrogens is 392 g/mol. The molecule has 1 aromatic rings. The Bertz CT molecular complexity index is 836. The lowest BCUT2D eigenvalue weighted by atomic mass is 9.97. The van der Waals surface area contributed by atoms with Crippen LogP contribution in [0.2, 0.25) is 0 Å². The number of nitrogens with zero attached hydrogens (tertiary/aromatic N) is 2. The van der Waals surface area contributed by atoms with Crippen molar-refractivity contribution < 1.29 is 22.7 Å². The molecule has 2 saturated heterocycles. The van der Waals surface area contributed by atoms with Crippen molar-refractivity contribution in [2.75, 3.05) is 13.1 Å². The smallest absolute Gasteiger partial charge is 0.338 e. The quantitative estimate of drug-likeness (QED) is 0.682. The fourth-order valence-corrected chi connectivity index (χ4v) is 5.70. The summed E-state index contributed by atoms with van der Waals surface area (Å²) in [5.74, 6) is -0.820. The molecule has 2 fully saturated rings. The predicted octanol–water partition coefficient (Wildman–Crippen LogP) is 2.81. The van der Waals surface area contributed by atoms with Crippen molar-refractivity contribution in [3.63, 3.8) is 0 Å². The van der Waals surface area contributed by atoms with E-state index in [0.29, 0.717) is 13.1 Å². The van der Waals surface area contributed by atoms with E-state index in [2.05, 4.69) is 0 Å². The standard InChI is InChI=1S/C21H30N2O5S/c1-15-7-6-8-16(2)23(15)20(24)17(3)28-21(25)18-9-11-19(12-10-18)29(26,27)22-13-4-5-14-22/h9-12,15-17H,4-8,13-14H2,1-3H3/t15-,16+,17-/m1/s1. The maximum atomic E-state index is 12.8. The summed E-state index contributed by atoms with van der Waals surface area (Å²) in [6, 6.07) is 5.98. The summed E-state index contributed by atoms with van der Waals surface area (Å²) in [5, 5.41) is 0. The summed E-state index contributed by atoms with van der Waals surface area (Å²) < 4.78 is 32.0. The van der Waals surface area contributed by atoms with Crippen LogP contribution in [0.1, 0.15) is 63.2 Å². The van der Waals surface area contributed by atoms with Gasteiger partial charge in [0.2, 0.25) is 10.0 Å². The van der Waals surface area contributed by atoms with Crippen LogP contribution in [0.3, 0.4) is 0 Å². The van der Waals surface area contributed by atoms with Crippen molar-refractivity contribution in [3.05, 3.63) is 29.8 Å². The van der Waals surface area contributed by atoms with E-state index in [0.717, 1.165) is 32.1 Å². The number of esters is 1. The number of carbonyl (C=O) groups excluding carboxylic acids is 2. The van der Waals surface area contributed by atoms with Gasteiger partial charge in [-0.1, -0.05) is 0 Å². The van der Waals surface area contributed by atoms with Crippen LogP contribution in [0.4, 0.5) is 0 Å². The van der Waals surface area contributed by atoms with Crippen LogP contribution >= 0.6 is 0 Å². The summed E-state index contributed by atoms with van der Waals surface area (Å²) in [6.45, 7) is 6.67. The van der Waals surface area contributed by atoms with E-state index < -0.39 is 22.1 Å². The molecule has 8 heteroatoms. The first kappa shape index (κ1) is 21.8. The third-order valence-electron chi connectivity index (χ3n) is 5.87. The van der Waals surface area contributed by atoms with Crippen LogP contribution in [-0.4, -0.2) is 60.8 Å². The van der Waals surface area contributed by atoms with Gasteiger partial charge in [0.25, 0.3) is 5.91 Å². The molecule has 3 rings (SSSR count). The third-order valence-corrected chi connectivity index (χ3v) is 7.79. The number of benzene rings is 1. The first-order valence-corrected chi connectivity index (χ1v) is 11.8. The highest BCUT2D eigenvalue weighted by Crippen LogP contribution is 2.24. The second-order valence-corrected chi connectivity index (χ2v) is 10.00. The number of hydrogen-bond donors (Lipinski definition) is 0. The first-order valence-electron chi connectivity index (χ1n) is 10.3. The number of amides is 1. The number of likely N-dealkylation sites (tertiary alicyclic amines) is 1. The fraction of sp³-hybridized carbons (Fsp3) is 0.619. The van der Waals surface area contributed by atoms with Gasteiger partial charge in [-0.3, -0.25) is 4.79 Å². The van der Waals surface area contributed by atoms with Gasteiger partial charge in [-0.25, -0.2) is 13.2 Å². The Labute approximate surface area is 173 Å². The van der Waals surface area contributed by atoms with Crippen LogP contribution in [-0.2, 0) is 19.6 Å². The summed E-state index contributed by atoms with van der Waals surface area (Å²) in [5.41, 5.74) is 0.227. The van der Waals surface area contributed by atoms with Crippen molar-refractivity contribution in [2.45, 2.75) is 76.0 Å². The molecule has 0 aliphatic carbocycles. The molecule has 0 spiro atoms. The largest absolute Gasteiger partial charge is 0.449 e. The SMILES string of the molecule is C[C@@H]1CCC[C@H](C)N1C(=O)[C@@H](C)OC(=O)c1ccc(S(=O)(=O)N2CCCC2)cc1. The number of ether oxygens (including phenoxy) is 1. The summed E-state index contributed by atoms with van der Waals surface area (Å²) in [7, 11) is -3.52. The molecule has 160 valence electrons. The molecule has 29 heavy (non-hydrogen) atoms. The molecule has 3 atom stereocenters. The Hall–Kier alpha value is -1.93. The van der Waals surface area contributed by atoms with E-state index in [1.54, 1.807) is 6.92 Å². The van der Waals surface area contributed by atoms with Crippen molar-refractivity contribution in [3.8, 4) is 0 Å². The normalized spacial score (nSPS) is 24.3. The Morgan fingerprint density at radius 2 is 1.55 bits per heavy atom. The number of sulfonamides is 1. The molecule has 0 unspecified atom stereocenters.